The van der Waals surface area contributed by atoms with Gasteiger partial charge in [-0.05, 0) is 25.5 Å². The van der Waals surface area contributed by atoms with Crippen LogP contribution in [0.3, 0.4) is 0 Å². The van der Waals surface area contributed by atoms with Gasteiger partial charge in [0, 0.05) is 13.2 Å². The van der Waals surface area contributed by atoms with E-state index in [-0.39, 0.29) is 31.0 Å². The van der Waals surface area contributed by atoms with Gasteiger partial charge in [-0.1, -0.05) is 12.1 Å². The lowest BCUT2D eigenvalue weighted by Crippen LogP contribution is -2.41. The lowest BCUT2D eigenvalue weighted by molar-refractivity contribution is 0.201. The average molecular weight is 270 g/mol. The van der Waals surface area contributed by atoms with Gasteiger partial charge < -0.3 is 20.5 Å². The fourth-order valence-corrected chi connectivity index (χ4v) is 1.38. The van der Waals surface area contributed by atoms with Crippen molar-refractivity contribution in [1.82, 2.24) is 10.6 Å². The first kappa shape index (κ1) is 15.2. The largest absolute Gasteiger partial charge is 0.486 e. The number of aliphatic hydroxyl groups excluding tert-OH is 1. The third-order valence-corrected chi connectivity index (χ3v) is 2.34. The summed E-state index contributed by atoms with van der Waals surface area (Å²) >= 11 is 0. The zero-order valence-corrected chi connectivity index (χ0v) is 10.9. The molecule has 0 aliphatic carbocycles. The second-order valence-corrected chi connectivity index (χ2v) is 4.07. The molecule has 6 heteroatoms. The van der Waals surface area contributed by atoms with Crippen LogP contribution in [0.2, 0.25) is 0 Å². The molecule has 1 aromatic rings. The number of ether oxygens (including phenoxy) is 1. The summed E-state index contributed by atoms with van der Waals surface area (Å²) in [6.45, 7) is 2.44. The van der Waals surface area contributed by atoms with E-state index in [1.165, 1.54) is 12.1 Å². The molecule has 5 nitrogen and oxygen atoms in total. The standard InChI is InChI=1S/C13H19FN2O3/c1-10(9-16-13(18)15-7-4-8-17)19-12-6-3-2-5-11(12)14/h2-3,5-6,10,17H,4,7-9H2,1H3,(H2,15,16,18). The highest BCUT2D eigenvalue weighted by Crippen LogP contribution is 2.16. The Morgan fingerprint density at radius 1 is 1.42 bits per heavy atom. The summed E-state index contributed by atoms with van der Waals surface area (Å²) in [6.07, 6.45) is 0.162. The highest BCUT2D eigenvalue weighted by molar-refractivity contribution is 5.73. The molecule has 19 heavy (non-hydrogen) atoms. The SMILES string of the molecule is CC(CNC(=O)NCCCO)Oc1ccccc1F. The van der Waals surface area contributed by atoms with Crippen LogP contribution in [-0.2, 0) is 0 Å². The first-order chi connectivity index (χ1) is 9.13. The maximum Gasteiger partial charge on any atom is 0.314 e. The zero-order valence-electron chi connectivity index (χ0n) is 10.9. The molecule has 1 aromatic carbocycles. The summed E-state index contributed by atoms with van der Waals surface area (Å²) in [5, 5.41) is 13.7. The van der Waals surface area contributed by atoms with E-state index >= 15 is 0 Å². The molecular formula is C13H19FN2O3. The van der Waals surface area contributed by atoms with E-state index in [1.54, 1.807) is 19.1 Å². The fraction of sp³-hybridized carbons (Fsp3) is 0.462. The topological polar surface area (TPSA) is 70.6 Å². The van der Waals surface area contributed by atoms with Crippen LogP contribution in [0.4, 0.5) is 9.18 Å². The number of rotatable bonds is 7. The number of urea groups is 1. The fourth-order valence-electron chi connectivity index (χ4n) is 1.38. The molecule has 0 bridgehead atoms. The van der Waals surface area contributed by atoms with Crippen molar-refractivity contribution in [3.63, 3.8) is 0 Å². The van der Waals surface area contributed by atoms with E-state index in [0.717, 1.165) is 0 Å². The van der Waals surface area contributed by atoms with Crippen LogP contribution in [0.5, 0.6) is 5.75 Å². The number of halogens is 1. The van der Waals surface area contributed by atoms with Crippen LogP contribution < -0.4 is 15.4 Å². The normalized spacial score (nSPS) is 11.7. The molecule has 1 unspecified atom stereocenters. The van der Waals surface area contributed by atoms with Gasteiger partial charge in [0.25, 0.3) is 0 Å². The molecule has 1 rings (SSSR count). The Bertz CT molecular complexity index is 401. The minimum absolute atomic E-state index is 0.0348. The van der Waals surface area contributed by atoms with E-state index in [4.69, 9.17) is 9.84 Å². The summed E-state index contributed by atoms with van der Waals surface area (Å²) in [6, 6.07) is 5.78. The molecule has 0 aromatic heterocycles. The number of aliphatic hydroxyl groups is 1. The van der Waals surface area contributed by atoms with Gasteiger partial charge >= 0.3 is 6.03 Å². The second kappa shape index (κ2) is 8.31. The van der Waals surface area contributed by atoms with Crippen molar-refractivity contribution in [2.75, 3.05) is 19.7 Å². The first-order valence-corrected chi connectivity index (χ1v) is 6.17. The summed E-state index contributed by atoms with van der Waals surface area (Å²) < 4.78 is 18.7. The van der Waals surface area contributed by atoms with Crippen LogP contribution >= 0.6 is 0 Å². The van der Waals surface area contributed by atoms with Crippen molar-refractivity contribution >= 4 is 6.03 Å². The maximum atomic E-state index is 13.3. The molecule has 0 aliphatic heterocycles. The predicted octanol–water partition coefficient (Wildman–Crippen LogP) is 1.27. The number of benzene rings is 1. The highest BCUT2D eigenvalue weighted by atomic mass is 19.1. The Hall–Kier alpha value is -1.82. The molecule has 0 fully saturated rings. The smallest absolute Gasteiger partial charge is 0.314 e. The van der Waals surface area contributed by atoms with E-state index in [1.807, 2.05) is 0 Å². The average Bonchev–Trinajstić information content (AvgIpc) is 2.39. The molecule has 0 aliphatic rings. The minimum atomic E-state index is -0.429. The molecule has 0 saturated carbocycles. The Labute approximate surface area is 111 Å². The van der Waals surface area contributed by atoms with Crippen molar-refractivity contribution in [1.29, 1.82) is 0 Å². The minimum Gasteiger partial charge on any atom is -0.486 e. The number of nitrogens with one attached hydrogen (secondary N) is 2. The second-order valence-electron chi connectivity index (χ2n) is 4.07. The van der Waals surface area contributed by atoms with Crippen LogP contribution in [0.25, 0.3) is 0 Å². The Morgan fingerprint density at radius 3 is 2.84 bits per heavy atom. The summed E-state index contributed by atoms with van der Waals surface area (Å²) in [5.41, 5.74) is 0. The lowest BCUT2D eigenvalue weighted by Gasteiger charge is -2.16. The van der Waals surface area contributed by atoms with Gasteiger partial charge in [-0.25, -0.2) is 9.18 Å². The van der Waals surface area contributed by atoms with Gasteiger partial charge in [0.1, 0.15) is 6.10 Å². The number of carbonyl (C=O) groups is 1. The number of carbonyl (C=O) groups excluding carboxylic acids is 1. The van der Waals surface area contributed by atoms with E-state index < -0.39 is 5.82 Å². The van der Waals surface area contributed by atoms with Gasteiger partial charge in [0.05, 0.1) is 6.54 Å². The molecule has 0 heterocycles. The van der Waals surface area contributed by atoms with Crippen molar-refractivity contribution in [3.8, 4) is 5.75 Å². The Morgan fingerprint density at radius 2 is 2.16 bits per heavy atom. The van der Waals surface area contributed by atoms with Crippen molar-refractivity contribution in [3.05, 3.63) is 30.1 Å². The number of hydrogen-bond donors (Lipinski definition) is 3. The first-order valence-electron chi connectivity index (χ1n) is 6.17. The lowest BCUT2D eigenvalue weighted by atomic mass is 10.3. The van der Waals surface area contributed by atoms with Gasteiger partial charge in [0.2, 0.25) is 0 Å². The van der Waals surface area contributed by atoms with Crippen LogP contribution in [0.1, 0.15) is 13.3 Å². The molecule has 0 radical (unpaired) electrons. The van der Waals surface area contributed by atoms with Crippen LogP contribution in [0.15, 0.2) is 24.3 Å². The summed E-state index contributed by atoms with van der Waals surface area (Å²) in [7, 11) is 0. The zero-order chi connectivity index (χ0) is 14.1. The van der Waals surface area contributed by atoms with Crippen molar-refractivity contribution < 1.29 is 19.0 Å². The van der Waals surface area contributed by atoms with Gasteiger partial charge in [-0.15, -0.1) is 0 Å². The number of hydrogen-bond acceptors (Lipinski definition) is 3. The Kier molecular flexibility index (Phi) is 6.67. The highest BCUT2D eigenvalue weighted by Gasteiger charge is 2.09. The predicted molar refractivity (Wildman–Crippen MR) is 69.6 cm³/mol. The number of amides is 2. The third-order valence-electron chi connectivity index (χ3n) is 2.34. The van der Waals surface area contributed by atoms with Crippen LogP contribution in [0, 0.1) is 5.82 Å². The molecular weight excluding hydrogens is 251 g/mol. The van der Waals surface area contributed by atoms with E-state index in [0.29, 0.717) is 13.0 Å². The molecule has 2 amide bonds. The van der Waals surface area contributed by atoms with Crippen molar-refractivity contribution in [2.45, 2.75) is 19.4 Å². The van der Waals surface area contributed by atoms with Gasteiger partial charge in [-0.3, -0.25) is 0 Å². The quantitative estimate of drug-likeness (QED) is 0.654. The van der Waals surface area contributed by atoms with Crippen LogP contribution in [-0.4, -0.2) is 36.9 Å². The summed E-state index contributed by atoms with van der Waals surface area (Å²) in [5.74, 6) is -0.265. The van der Waals surface area contributed by atoms with Gasteiger partial charge in [0.15, 0.2) is 11.6 Å². The molecule has 0 spiro atoms. The Balaban J connectivity index is 2.26. The molecule has 3 N–H and O–H groups in total. The van der Waals surface area contributed by atoms with Crippen molar-refractivity contribution in [2.24, 2.45) is 0 Å². The monoisotopic (exact) mass is 270 g/mol. The molecule has 0 saturated heterocycles. The molecule has 1 atom stereocenters. The third kappa shape index (κ3) is 6.05. The van der Waals surface area contributed by atoms with E-state index in [9.17, 15) is 9.18 Å². The maximum absolute atomic E-state index is 13.3. The summed E-state index contributed by atoms with van der Waals surface area (Å²) in [4.78, 5) is 11.3. The molecule has 106 valence electrons. The number of para-hydroxylation sites is 1. The van der Waals surface area contributed by atoms with E-state index in [2.05, 4.69) is 10.6 Å². The van der Waals surface area contributed by atoms with Gasteiger partial charge in [-0.2, -0.15) is 0 Å².